The van der Waals surface area contributed by atoms with E-state index in [0.29, 0.717) is 25.7 Å². The minimum Gasteiger partial charge on any atom is -0.376 e. The second-order valence-corrected chi connectivity index (χ2v) is 10.7. The number of nitrogens with one attached hydrogen (secondary N) is 1. The van der Waals surface area contributed by atoms with Gasteiger partial charge in [0.25, 0.3) is 11.8 Å². The zero-order valence-electron chi connectivity index (χ0n) is 21.5. The Kier molecular flexibility index (Phi) is 9.00. The van der Waals surface area contributed by atoms with E-state index in [4.69, 9.17) is 4.74 Å². The summed E-state index contributed by atoms with van der Waals surface area (Å²) in [5.74, 6) is -0.638. The molecule has 1 aliphatic carbocycles. The third kappa shape index (κ3) is 6.73. The van der Waals surface area contributed by atoms with Crippen LogP contribution in [0.3, 0.4) is 0 Å². The molecule has 8 nitrogen and oxygen atoms in total. The molecule has 1 aromatic heterocycles. The highest BCUT2D eigenvalue weighted by molar-refractivity contribution is 5.99. The van der Waals surface area contributed by atoms with E-state index in [-0.39, 0.29) is 35.1 Å². The number of pyridine rings is 1. The zero-order chi connectivity index (χ0) is 24.8. The summed E-state index contributed by atoms with van der Waals surface area (Å²) in [6.07, 6.45) is 12.9. The van der Waals surface area contributed by atoms with Crippen LogP contribution in [0.1, 0.15) is 92.4 Å². The van der Waals surface area contributed by atoms with Crippen LogP contribution in [0.2, 0.25) is 0 Å². The molecule has 1 N–H and O–H groups in total. The summed E-state index contributed by atoms with van der Waals surface area (Å²) in [5, 5.41) is 3.11. The number of aromatic nitrogens is 1. The SMILES string of the molecule is CC(C)N1CCN(C(=O)c2cn(C[C@H]3CCCO3)cc(C(=O)NC3CCCCCCC3)c2=O)CC1. The maximum absolute atomic E-state index is 13.5. The Bertz CT molecular complexity index is 922. The third-order valence-electron chi connectivity index (χ3n) is 7.76. The largest absolute Gasteiger partial charge is 0.376 e. The molecular formula is C27H42N4O4. The number of hydrogen-bond donors (Lipinski definition) is 1. The fourth-order valence-electron chi connectivity index (χ4n) is 5.55. The van der Waals surface area contributed by atoms with Crippen LogP contribution in [0.25, 0.3) is 0 Å². The van der Waals surface area contributed by atoms with E-state index in [0.717, 1.165) is 58.2 Å². The highest BCUT2D eigenvalue weighted by Gasteiger charge is 2.28. The molecule has 3 aliphatic rings. The van der Waals surface area contributed by atoms with Gasteiger partial charge in [0, 0.05) is 63.8 Å². The maximum atomic E-state index is 13.5. The standard InChI is InChI=1S/C27H42N4O4/c1-20(2)30-12-14-31(15-13-30)27(34)24-19-29(17-22-11-8-16-35-22)18-23(25(24)32)26(33)28-21-9-6-4-3-5-7-10-21/h18-22H,3-17H2,1-2H3,(H,28,33)/t22-/m1/s1. The Hall–Kier alpha value is -2.19. The minimum atomic E-state index is -0.465. The van der Waals surface area contributed by atoms with E-state index in [1.165, 1.54) is 19.3 Å². The Morgan fingerprint density at radius 1 is 0.943 bits per heavy atom. The van der Waals surface area contributed by atoms with Gasteiger partial charge in [0.15, 0.2) is 0 Å². The van der Waals surface area contributed by atoms with Crippen LogP contribution in [-0.2, 0) is 11.3 Å². The van der Waals surface area contributed by atoms with E-state index in [1.54, 1.807) is 17.3 Å². The van der Waals surface area contributed by atoms with Crippen LogP contribution in [0, 0.1) is 0 Å². The quantitative estimate of drug-likeness (QED) is 0.668. The van der Waals surface area contributed by atoms with Crippen molar-refractivity contribution in [2.45, 2.75) is 96.4 Å². The first kappa shape index (κ1) is 25.9. The predicted molar refractivity (Wildman–Crippen MR) is 136 cm³/mol. The van der Waals surface area contributed by atoms with Gasteiger partial charge >= 0.3 is 0 Å². The molecule has 0 radical (unpaired) electrons. The highest BCUT2D eigenvalue weighted by atomic mass is 16.5. The molecule has 2 amide bonds. The minimum absolute atomic E-state index is 0.0385. The number of hydrogen-bond acceptors (Lipinski definition) is 5. The summed E-state index contributed by atoms with van der Waals surface area (Å²) in [6.45, 7) is 8.31. The summed E-state index contributed by atoms with van der Waals surface area (Å²) in [4.78, 5) is 44.3. The smallest absolute Gasteiger partial charge is 0.259 e. The van der Waals surface area contributed by atoms with Crippen LogP contribution in [0.4, 0.5) is 0 Å². The maximum Gasteiger partial charge on any atom is 0.259 e. The molecule has 4 rings (SSSR count). The summed E-state index contributed by atoms with van der Waals surface area (Å²) < 4.78 is 7.61. The van der Waals surface area contributed by atoms with E-state index in [9.17, 15) is 14.4 Å². The number of carbonyl (C=O) groups is 2. The first-order chi connectivity index (χ1) is 16.9. The summed E-state index contributed by atoms with van der Waals surface area (Å²) >= 11 is 0. The molecule has 0 unspecified atom stereocenters. The van der Waals surface area contributed by atoms with Crippen molar-refractivity contribution in [3.05, 3.63) is 33.7 Å². The van der Waals surface area contributed by atoms with Crippen LogP contribution >= 0.6 is 0 Å². The number of carbonyl (C=O) groups excluding carboxylic acids is 2. The van der Waals surface area contributed by atoms with Gasteiger partial charge in [-0.25, -0.2) is 0 Å². The van der Waals surface area contributed by atoms with E-state index < -0.39 is 5.43 Å². The van der Waals surface area contributed by atoms with Crippen molar-refractivity contribution in [1.29, 1.82) is 0 Å². The van der Waals surface area contributed by atoms with Crippen molar-refractivity contribution in [3.63, 3.8) is 0 Å². The zero-order valence-corrected chi connectivity index (χ0v) is 21.5. The van der Waals surface area contributed by atoms with Crippen molar-refractivity contribution >= 4 is 11.8 Å². The van der Waals surface area contributed by atoms with Crippen LogP contribution in [0.15, 0.2) is 17.2 Å². The van der Waals surface area contributed by atoms with Gasteiger partial charge in [-0.05, 0) is 39.5 Å². The van der Waals surface area contributed by atoms with Crippen molar-refractivity contribution in [1.82, 2.24) is 19.7 Å². The van der Waals surface area contributed by atoms with Gasteiger partial charge in [-0.15, -0.1) is 0 Å². The Balaban J connectivity index is 1.56. The van der Waals surface area contributed by atoms with Gasteiger partial charge in [0.05, 0.1) is 6.10 Å². The molecule has 8 heteroatoms. The number of amides is 2. The third-order valence-corrected chi connectivity index (χ3v) is 7.76. The van der Waals surface area contributed by atoms with Gasteiger partial charge < -0.3 is 19.5 Å². The van der Waals surface area contributed by atoms with Crippen molar-refractivity contribution in [2.75, 3.05) is 32.8 Å². The monoisotopic (exact) mass is 486 g/mol. The van der Waals surface area contributed by atoms with Gasteiger partial charge in [0.1, 0.15) is 11.1 Å². The highest BCUT2D eigenvalue weighted by Crippen LogP contribution is 2.18. The van der Waals surface area contributed by atoms with Crippen LogP contribution < -0.4 is 10.7 Å². The summed E-state index contributed by atoms with van der Waals surface area (Å²) in [6, 6.07) is 0.508. The number of rotatable bonds is 6. The van der Waals surface area contributed by atoms with Gasteiger partial charge in [-0.2, -0.15) is 0 Å². The first-order valence-corrected chi connectivity index (χ1v) is 13.6. The van der Waals surface area contributed by atoms with Crippen LogP contribution in [-0.4, -0.2) is 77.2 Å². The molecular weight excluding hydrogens is 444 g/mol. The molecule has 0 bridgehead atoms. The van der Waals surface area contributed by atoms with Crippen molar-refractivity contribution < 1.29 is 14.3 Å². The molecule has 3 heterocycles. The Labute approximate surface area is 209 Å². The molecule has 1 atom stereocenters. The molecule has 2 saturated heterocycles. The average molecular weight is 487 g/mol. The second-order valence-electron chi connectivity index (χ2n) is 10.7. The lowest BCUT2D eigenvalue weighted by Gasteiger charge is -2.36. The van der Waals surface area contributed by atoms with Gasteiger partial charge in [-0.3, -0.25) is 19.3 Å². The molecule has 35 heavy (non-hydrogen) atoms. The summed E-state index contributed by atoms with van der Waals surface area (Å²) in [7, 11) is 0. The number of nitrogens with zero attached hydrogens (tertiary/aromatic N) is 3. The number of piperazine rings is 1. The lowest BCUT2D eigenvalue weighted by atomic mass is 9.96. The van der Waals surface area contributed by atoms with E-state index >= 15 is 0 Å². The fourth-order valence-corrected chi connectivity index (χ4v) is 5.55. The lowest BCUT2D eigenvalue weighted by molar-refractivity contribution is 0.0592. The Morgan fingerprint density at radius 3 is 2.23 bits per heavy atom. The summed E-state index contributed by atoms with van der Waals surface area (Å²) in [5.41, 5.74) is -0.309. The normalized spacial score (nSPS) is 22.7. The predicted octanol–water partition coefficient (Wildman–Crippen LogP) is 3.04. The molecule has 194 valence electrons. The van der Waals surface area contributed by atoms with Crippen molar-refractivity contribution in [3.8, 4) is 0 Å². The van der Waals surface area contributed by atoms with E-state index in [1.807, 2.05) is 4.57 Å². The number of ether oxygens (including phenoxy) is 1. The lowest BCUT2D eigenvalue weighted by Crippen LogP contribution is -2.51. The van der Waals surface area contributed by atoms with Gasteiger partial charge in [-0.1, -0.05) is 32.1 Å². The second kappa shape index (κ2) is 12.2. The molecule has 3 fully saturated rings. The molecule has 1 saturated carbocycles. The topological polar surface area (TPSA) is 83.9 Å². The average Bonchev–Trinajstić information content (AvgIpc) is 3.34. The molecule has 2 aliphatic heterocycles. The molecule has 1 aromatic rings. The van der Waals surface area contributed by atoms with Gasteiger partial charge in [0.2, 0.25) is 5.43 Å². The Morgan fingerprint density at radius 2 is 1.60 bits per heavy atom. The van der Waals surface area contributed by atoms with Crippen molar-refractivity contribution in [2.24, 2.45) is 0 Å². The van der Waals surface area contributed by atoms with E-state index in [2.05, 4.69) is 24.1 Å². The fraction of sp³-hybridized carbons (Fsp3) is 0.741. The molecule has 0 aromatic carbocycles. The van der Waals surface area contributed by atoms with Crippen LogP contribution in [0.5, 0.6) is 0 Å². The first-order valence-electron chi connectivity index (χ1n) is 13.6. The molecule has 0 spiro atoms.